The Kier molecular flexibility index (Phi) is 3.21. The van der Waals surface area contributed by atoms with Gasteiger partial charge < -0.3 is 10.4 Å². The molecule has 0 spiro atoms. The average molecular weight is 277 g/mol. The minimum absolute atomic E-state index is 0.0557. The maximum Gasteiger partial charge on any atom is 0.471 e. The molecule has 2 heterocycles. The lowest BCUT2D eigenvalue weighted by atomic mass is 10.1. The number of rotatable bonds is 3. The van der Waals surface area contributed by atoms with Crippen molar-refractivity contribution in [3.05, 3.63) is 17.0 Å². The molecule has 1 aromatic heterocycles. The van der Waals surface area contributed by atoms with Crippen LogP contribution in [0.25, 0.3) is 0 Å². The molecule has 0 aliphatic carbocycles. The molecule has 9 heteroatoms. The predicted octanol–water partition coefficient (Wildman–Crippen LogP) is 0.706. The quantitative estimate of drug-likeness (QED) is 0.852. The zero-order chi connectivity index (χ0) is 14.2. The normalized spacial score (nSPS) is 14.3. The summed E-state index contributed by atoms with van der Waals surface area (Å²) >= 11 is 0. The van der Waals surface area contributed by atoms with Gasteiger partial charge in [0.1, 0.15) is 5.56 Å². The Morgan fingerprint density at radius 1 is 1.42 bits per heavy atom. The summed E-state index contributed by atoms with van der Waals surface area (Å²) in [6.07, 6.45) is -3.73. The number of nitrogens with zero attached hydrogens (tertiary/aromatic N) is 2. The largest absolute Gasteiger partial charge is 0.478 e. The van der Waals surface area contributed by atoms with Gasteiger partial charge in [-0.25, -0.2) is 4.79 Å². The Morgan fingerprint density at radius 2 is 2.11 bits per heavy atom. The number of hydrogen-bond donors (Lipinski definition) is 2. The van der Waals surface area contributed by atoms with Crippen molar-refractivity contribution in [1.82, 2.24) is 15.1 Å². The van der Waals surface area contributed by atoms with Crippen LogP contribution in [0, 0.1) is 0 Å². The number of amides is 1. The molecule has 104 valence electrons. The number of aryl methyl sites for hydroxylation is 1. The van der Waals surface area contributed by atoms with Gasteiger partial charge in [-0.05, 0) is 12.8 Å². The van der Waals surface area contributed by atoms with Gasteiger partial charge in [0.15, 0.2) is 0 Å². The summed E-state index contributed by atoms with van der Waals surface area (Å²) in [4.78, 5) is 21.8. The van der Waals surface area contributed by atoms with E-state index in [0.29, 0.717) is 18.7 Å². The Hall–Kier alpha value is -2.06. The zero-order valence-electron chi connectivity index (χ0n) is 9.62. The van der Waals surface area contributed by atoms with Crippen LogP contribution in [0.5, 0.6) is 0 Å². The van der Waals surface area contributed by atoms with E-state index in [4.69, 9.17) is 5.11 Å². The molecular weight excluding hydrogens is 267 g/mol. The molecule has 2 N–H and O–H groups in total. The number of carbonyl (C=O) groups is 2. The van der Waals surface area contributed by atoms with E-state index in [1.807, 2.05) is 0 Å². The van der Waals surface area contributed by atoms with Gasteiger partial charge in [-0.3, -0.25) is 9.48 Å². The summed E-state index contributed by atoms with van der Waals surface area (Å²) in [5.74, 6) is -3.36. The van der Waals surface area contributed by atoms with E-state index in [0.717, 1.165) is 6.42 Å². The number of nitrogens with one attached hydrogen (secondary N) is 1. The highest BCUT2D eigenvalue weighted by Crippen LogP contribution is 2.22. The molecule has 1 aliphatic heterocycles. The number of carbonyl (C=O) groups excluding carboxylic acids is 1. The number of hydrogen-bond acceptors (Lipinski definition) is 3. The van der Waals surface area contributed by atoms with E-state index in [1.165, 1.54) is 4.68 Å². The second kappa shape index (κ2) is 4.56. The highest BCUT2D eigenvalue weighted by Gasteiger charge is 2.38. The van der Waals surface area contributed by atoms with Gasteiger partial charge >= 0.3 is 18.1 Å². The summed E-state index contributed by atoms with van der Waals surface area (Å²) in [5.41, 5.74) is 0.323. The van der Waals surface area contributed by atoms with Crippen LogP contribution in [0.4, 0.5) is 13.2 Å². The van der Waals surface area contributed by atoms with Crippen molar-refractivity contribution in [2.45, 2.75) is 32.1 Å². The standard InChI is InChI=1S/C10H10F3N3O3/c11-10(12,13)9(19)14-4-5-7(8(17)18)6-2-1-3-16(6)15-5/h1-4H2,(H,14,19)(H,17,18). The fourth-order valence-electron chi connectivity index (χ4n) is 2.02. The molecule has 0 saturated heterocycles. The van der Waals surface area contributed by atoms with Crippen LogP contribution in [0.1, 0.15) is 28.2 Å². The third-order valence-electron chi connectivity index (χ3n) is 2.80. The van der Waals surface area contributed by atoms with Gasteiger partial charge in [-0.1, -0.05) is 0 Å². The molecule has 0 saturated carbocycles. The zero-order valence-corrected chi connectivity index (χ0v) is 9.62. The number of fused-ring (bicyclic) bond motifs is 1. The minimum Gasteiger partial charge on any atom is -0.478 e. The maximum absolute atomic E-state index is 12.0. The third kappa shape index (κ3) is 2.54. The predicted molar refractivity (Wildman–Crippen MR) is 55.4 cm³/mol. The maximum atomic E-state index is 12.0. The van der Waals surface area contributed by atoms with Gasteiger partial charge in [0, 0.05) is 6.54 Å². The van der Waals surface area contributed by atoms with Crippen molar-refractivity contribution in [3.8, 4) is 0 Å². The lowest BCUT2D eigenvalue weighted by Gasteiger charge is -2.07. The van der Waals surface area contributed by atoms with Crippen molar-refractivity contribution < 1.29 is 27.9 Å². The molecule has 1 amide bonds. The Bertz CT molecular complexity index is 536. The molecule has 2 rings (SSSR count). The fraction of sp³-hybridized carbons (Fsp3) is 0.500. The van der Waals surface area contributed by atoms with Crippen molar-refractivity contribution in [2.75, 3.05) is 0 Å². The highest BCUT2D eigenvalue weighted by atomic mass is 19.4. The lowest BCUT2D eigenvalue weighted by molar-refractivity contribution is -0.173. The molecular formula is C10H10F3N3O3. The third-order valence-corrected chi connectivity index (χ3v) is 2.80. The van der Waals surface area contributed by atoms with Crippen LogP contribution in [-0.4, -0.2) is 32.9 Å². The van der Waals surface area contributed by atoms with E-state index in [2.05, 4.69) is 5.10 Å². The second-order valence-corrected chi connectivity index (χ2v) is 4.08. The summed E-state index contributed by atoms with van der Waals surface area (Å²) in [6, 6.07) is 0. The molecule has 6 nitrogen and oxygen atoms in total. The van der Waals surface area contributed by atoms with Crippen molar-refractivity contribution in [2.24, 2.45) is 0 Å². The SMILES string of the molecule is O=C(O)c1c(CNC(=O)C(F)(F)F)nn2c1CCC2. The van der Waals surface area contributed by atoms with E-state index >= 15 is 0 Å². The summed E-state index contributed by atoms with van der Waals surface area (Å²) in [5, 5.41) is 14.6. The van der Waals surface area contributed by atoms with Crippen LogP contribution < -0.4 is 5.32 Å². The molecule has 1 aliphatic rings. The number of aromatic carboxylic acids is 1. The van der Waals surface area contributed by atoms with Crippen LogP contribution in [0.2, 0.25) is 0 Å². The number of alkyl halides is 3. The van der Waals surface area contributed by atoms with E-state index in [-0.39, 0.29) is 11.3 Å². The smallest absolute Gasteiger partial charge is 0.471 e. The van der Waals surface area contributed by atoms with Crippen LogP contribution in [-0.2, 0) is 24.3 Å². The number of carboxylic acid groups (broad SMARTS) is 1. The summed E-state index contributed by atoms with van der Waals surface area (Å²) in [7, 11) is 0. The first-order valence-electron chi connectivity index (χ1n) is 5.47. The number of halogens is 3. The van der Waals surface area contributed by atoms with Crippen LogP contribution >= 0.6 is 0 Å². The summed E-state index contributed by atoms with van der Waals surface area (Å²) < 4.78 is 37.5. The Balaban J connectivity index is 2.18. The first-order chi connectivity index (χ1) is 8.80. The first-order valence-corrected chi connectivity index (χ1v) is 5.47. The molecule has 0 atom stereocenters. The van der Waals surface area contributed by atoms with Crippen molar-refractivity contribution in [3.63, 3.8) is 0 Å². The van der Waals surface area contributed by atoms with Gasteiger partial charge in [0.2, 0.25) is 0 Å². The fourth-order valence-corrected chi connectivity index (χ4v) is 2.02. The second-order valence-electron chi connectivity index (χ2n) is 4.08. The van der Waals surface area contributed by atoms with E-state index in [9.17, 15) is 22.8 Å². The molecule has 19 heavy (non-hydrogen) atoms. The van der Waals surface area contributed by atoms with Crippen molar-refractivity contribution in [1.29, 1.82) is 0 Å². The van der Waals surface area contributed by atoms with Gasteiger partial charge in [-0.2, -0.15) is 18.3 Å². The van der Waals surface area contributed by atoms with Crippen molar-refractivity contribution >= 4 is 11.9 Å². The molecule has 0 fully saturated rings. The topological polar surface area (TPSA) is 84.2 Å². The molecule has 1 aromatic rings. The van der Waals surface area contributed by atoms with Gasteiger partial charge in [0.05, 0.1) is 17.9 Å². The molecule has 0 radical (unpaired) electrons. The molecule has 0 bridgehead atoms. The molecule has 0 unspecified atom stereocenters. The average Bonchev–Trinajstić information content (AvgIpc) is 2.82. The monoisotopic (exact) mass is 277 g/mol. The van der Waals surface area contributed by atoms with E-state index in [1.54, 1.807) is 5.32 Å². The Labute approximate surface area is 105 Å². The lowest BCUT2D eigenvalue weighted by Crippen LogP contribution is -2.36. The van der Waals surface area contributed by atoms with Gasteiger partial charge in [-0.15, -0.1) is 0 Å². The Morgan fingerprint density at radius 3 is 2.68 bits per heavy atom. The number of aromatic nitrogens is 2. The highest BCUT2D eigenvalue weighted by molar-refractivity contribution is 5.90. The van der Waals surface area contributed by atoms with Gasteiger partial charge in [0.25, 0.3) is 0 Å². The summed E-state index contributed by atoms with van der Waals surface area (Å²) in [6.45, 7) is -0.0250. The van der Waals surface area contributed by atoms with E-state index < -0.39 is 24.6 Å². The van der Waals surface area contributed by atoms with Crippen LogP contribution in [0.15, 0.2) is 0 Å². The van der Waals surface area contributed by atoms with Crippen LogP contribution in [0.3, 0.4) is 0 Å². The first kappa shape index (κ1) is 13.4. The minimum atomic E-state index is -4.99. The number of carboxylic acids is 1. The molecule has 0 aromatic carbocycles.